The Balaban J connectivity index is 2.45. The molecule has 0 saturated carbocycles. The molecule has 1 aromatic carbocycles. The van der Waals surface area contributed by atoms with Crippen molar-refractivity contribution in [3.05, 3.63) is 52.6 Å². The van der Waals surface area contributed by atoms with E-state index in [1.807, 2.05) is 18.4 Å². The molecule has 7 nitrogen and oxygen atoms in total. The molecule has 0 aliphatic rings. The lowest BCUT2D eigenvalue weighted by Crippen LogP contribution is -2.20. The van der Waals surface area contributed by atoms with Crippen molar-refractivity contribution in [3.8, 4) is 5.69 Å². The second-order valence-electron chi connectivity index (χ2n) is 5.59. The van der Waals surface area contributed by atoms with Crippen LogP contribution in [0.5, 0.6) is 0 Å². The quantitative estimate of drug-likeness (QED) is 0.856. The lowest BCUT2D eigenvalue weighted by molar-refractivity contribution is 0.134. The standard InChI is InChI=1S/C18H22FN3O4/c1-11-15(9-25-17(23)20-3)16(10-26-18(24)21-4)12(2)22(11)14-7-5-13(19)6-8-14/h5-8H,9-10H2,1-4H3,(H,20,23)(H,21,24). The first-order chi connectivity index (χ1) is 12.4. The van der Waals surface area contributed by atoms with E-state index in [1.54, 1.807) is 12.1 Å². The first kappa shape index (κ1) is 19.3. The zero-order chi connectivity index (χ0) is 19.3. The number of carbonyl (C=O) groups is 2. The number of aromatic nitrogens is 1. The molecule has 1 heterocycles. The van der Waals surface area contributed by atoms with Gasteiger partial charge in [-0.2, -0.15) is 0 Å². The van der Waals surface area contributed by atoms with E-state index in [1.165, 1.54) is 26.2 Å². The first-order valence-electron chi connectivity index (χ1n) is 8.03. The van der Waals surface area contributed by atoms with Crippen molar-refractivity contribution in [2.45, 2.75) is 27.1 Å². The van der Waals surface area contributed by atoms with Crippen LogP contribution in [0.1, 0.15) is 22.5 Å². The number of amides is 2. The van der Waals surface area contributed by atoms with Crippen molar-refractivity contribution >= 4 is 12.2 Å². The Kier molecular flexibility index (Phi) is 6.21. The smallest absolute Gasteiger partial charge is 0.407 e. The maximum Gasteiger partial charge on any atom is 0.407 e. The second-order valence-corrected chi connectivity index (χ2v) is 5.59. The van der Waals surface area contributed by atoms with Crippen LogP contribution in [0, 0.1) is 19.7 Å². The van der Waals surface area contributed by atoms with Gasteiger partial charge in [-0.05, 0) is 38.1 Å². The lowest BCUT2D eigenvalue weighted by atomic mass is 10.1. The van der Waals surface area contributed by atoms with Crippen LogP contribution >= 0.6 is 0 Å². The molecule has 2 N–H and O–H groups in total. The molecule has 0 radical (unpaired) electrons. The molecule has 8 heteroatoms. The Bertz CT molecular complexity index is 756. The predicted molar refractivity (Wildman–Crippen MR) is 93.7 cm³/mol. The van der Waals surface area contributed by atoms with Gasteiger partial charge in [0.15, 0.2) is 0 Å². The van der Waals surface area contributed by atoms with Gasteiger partial charge in [-0.1, -0.05) is 0 Å². The largest absolute Gasteiger partial charge is 0.445 e. The molecule has 26 heavy (non-hydrogen) atoms. The molecule has 2 rings (SSSR count). The minimum absolute atomic E-state index is 0.0208. The monoisotopic (exact) mass is 363 g/mol. The summed E-state index contributed by atoms with van der Waals surface area (Å²) in [7, 11) is 2.94. The van der Waals surface area contributed by atoms with Crippen LogP contribution in [0.3, 0.4) is 0 Å². The third-order valence-corrected chi connectivity index (χ3v) is 4.10. The number of alkyl carbamates (subject to hydrolysis) is 2. The molecule has 0 aliphatic carbocycles. The summed E-state index contributed by atoms with van der Waals surface area (Å²) in [4.78, 5) is 22.9. The van der Waals surface area contributed by atoms with Crippen LogP contribution in [0.4, 0.5) is 14.0 Å². The molecule has 0 fully saturated rings. The van der Waals surface area contributed by atoms with Crippen molar-refractivity contribution < 1.29 is 23.5 Å². The van der Waals surface area contributed by atoms with Crippen LogP contribution < -0.4 is 10.6 Å². The Morgan fingerprint density at radius 2 is 1.35 bits per heavy atom. The van der Waals surface area contributed by atoms with Crippen LogP contribution in [0.15, 0.2) is 24.3 Å². The molecule has 1 aromatic heterocycles. The molecule has 0 spiro atoms. The highest BCUT2D eigenvalue weighted by Gasteiger charge is 2.21. The van der Waals surface area contributed by atoms with Crippen LogP contribution in [0.2, 0.25) is 0 Å². The summed E-state index contributed by atoms with van der Waals surface area (Å²) < 4.78 is 25.5. The number of nitrogens with one attached hydrogen (secondary N) is 2. The fourth-order valence-electron chi connectivity index (χ4n) is 2.74. The second kappa shape index (κ2) is 8.37. The molecule has 2 amide bonds. The van der Waals surface area contributed by atoms with Gasteiger partial charge < -0.3 is 24.7 Å². The molecular weight excluding hydrogens is 341 g/mol. The van der Waals surface area contributed by atoms with E-state index in [2.05, 4.69) is 10.6 Å². The van der Waals surface area contributed by atoms with E-state index in [-0.39, 0.29) is 19.0 Å². The van der Waals surface area contributed by atoms with E-state index in [0.29, 0.717) is 0 Å². The third-order valence-electron chi connectivity index (χ3n) is 4.10. The summed E-state index contributed by atoms with van der Waals surface area (Å²) >= 11 is 0. The lowest BCUT2D eigenvalue weighted by Gasteiger charge is -2.10. The highest BCUT2D eigenvalue weighted by Crippen LogP contribution is 2.28. The Labute approximate surface area is 151 Å². The average Bonchev–Trinajstić information content (AvgIpc) is 2.88. The van der Waals surface area contributed by atoms with Crippen molar-refractivity contribution in [3.63, 3.8) is 0 Å². The molecule has 0 unspecified atom stereocenters. The SMILES string of the molecule is CNC(=O)OCc1c(COC(=O)NC)c(C)n(-c2ccc(F)cc2)c1C. The van der Waals surface area contributed by atoms with Crippen LogP contribution in [0.25, 0.3) is 5.69 Å². The van der Waals surface area contributed by atoms with Crippen molar-refractivity contribution in [2.24, 2.45) is 0 Å². The predicted octanol–water partition coefficient (Wildman–Crippen LogP) is 2.95. The van der Waals surface area contributed by atoms with Gasteiger partial charge >= 0.3 is 12.2 Å². The fourth-order valence-corrected chi connectivity index (χ4v) is 2.74. The highest BCUT2D eigenvalue weighted by atomic mass is 19.1. The molecule has 0 aliphatic heterocycles. The average molecular weight is 363 g/mol. The summed E-state index contributed by atoms with van der Waals surface area (Å²) in [5.74, 6) is -0.331. The molecule has 140 valence electrons. The van der Waals surface area contributed by atoms with E-state index < -0.39 is 12.2 Å². The summed E-state index contributed by atoms with van der Waals surface area (Å²) in [6.45, 7) is 3.77. The molecule has 0 bridgehead atoms. The van der Waals surface area contributed by atoms with Crippen LogP contribution in [-0.4, -0.2) is 30.8 Å². The van der Waals surface area contributed by atoms with Gasteiger partial charge in [-0.15, -0.1) is 0 Å². The minimum Gasteiger partial charge on any atom is -0.445 e. The molecule has 0 atom stereocenters. The zero-order valence-electron chi connectivity index (χ0n) is 15.2. The van der Waals surface area contributed by atoms with E-state index in [4.69, 9.17) is 9.47 Å². The van der Waals surface area contributed by atoms with E-state index >= 15 is 0 Å². The van der Waals surface area contributed by atoms with Gasteiger partial charge in [0.25, 0.3) is 0 Å². The zero-order valence-corrected chi connectivity index (χ0v) is 15.2. The number of benzene rings is 1. The maximum atomic E-state index is 13.2. The number of hydrogen-bond acceptors (Lipinski definition) is 4. The third kappa shape index (κ3) is 4.14. The number of halogens is 1. The van der Waals surface area contributed by atoms with Crippen molar-refractivity contribution in [1.29, 1.82) is 0 Å². The molecule has 0 saturated heterocycles. The van der Waals surface area contributed by atoms with Crippen LogP contribution in [-0.2, 0) is 22.7 Å². The summed E-state index contributed by atoms with van der Waals surface area (Å²) in [6.07, 6.45) is -1.12. The van der Waals surface area contributed by atoms with Gasteiger partial charge in [-0.25, -0.2) is 14.0 Å². The topological polar surface area (TPSA) is 81.6 Å². The van der Waals surface area contributed by atoms with E-state index in [9.17, 15) is 14.0 Å². The fraction of sp³-hybridized carbons (Fsp3) is 0.333. The number of nitrogens with zero attached hydrogens (tertiary/aromatic N) is 1. The van der Waals surface area contributed by atoms with Crippen molar-refractivity contribution in [2.75, 3.05) is 14.1 Å². The Hall–Kier alpha value is -3.03. The first-order valence-corrected chi connectivity index (χ1v) is 8.03. The summed E-state index contributed by atoms with van der Waals surface area (Å²) in [5.41, 5.74) is 3.86. The molecule has 2 aromatic rings. The molecular formula is C18H22FN3O4. The highest BCUT2D eigenvalue weighted by molar-refractivity contribution is 5.67. The van der Waals surface area contributed by atoms with Gasteiger partial charge in [0, 0.05) is 42.3 Å². The number of hydrogen-bond donors (Lipinski definition) is 2. The number of rotatable bonds is 5. The normalized spacial score (nSPS) is 10.3. The summed E-state index contributed by atoms with van der Waals surface area (Å²) in [6, 6.07) is 6.05. The maximum absolute atomic E-state index is 13.2. The Morgan fingerprint density at radius 3 is 1.73 bits per heavy atom. The van der Waals surface area contributed by atoms with Gasteiger partial charge in [0.1, 0.15) is 19.0 Å². The minimum atomic E-state index is -0.560. The van der Waals surface area contributed by atoms with Gasteiger partial charge in [-0.3, -0.25) is 0 Å². The van der Waals surface area contributed by atoms with Crippen molar-refractivity contribution in [1.82, 2.24) is 15.2 Å². The van der Waals surface area contributed by atoms with E-state index in [0.717, 1.165) is 28.2 Å². The van der Waals surface area contributed by atoms with Gasteiger partial charge in [0.05, 0.1) is 0 Å². The summed E-state index contributed by atoms with van der Waals surface area (Å²) in [5, 5.41) is 4.78. The Morgan fingerprint density at radius 1 is 0.923 bits per heavy atom. The number of carbonyl (C=O) groups excluding carboxylic acids is 2. The number of ether oxygens (including phenoxy) is 2. The van der Waals surface area contributed by atoms with Gasteiger partial charge in [0.2, 0.25) is 0 Å².